The van der Waals surface area contributed by atoms with Gasteiger partial charge in [-0.15, -0.1) is 0 Å². The summed E-state index contributed by atoms with van der Waals surface area (Å²) >= 11 is 0. The van der Waals surface area contributed by atoms with Crippen LogP contribution in [0.25, 0.3) is 22.3 Å². The molecule has 2 aromatic carbocycles. The van der Waals surface area contributed by atoms with Crippen LogP contribution in [0.3, 0.4) is 0 Å². The lowest BCUT2D eigenvalue weighted by atomic mass is 10.0. The van der Waals surface area contributed by atoms with Crippen molar-refractivity contribution in [2.45, 2.75) is 29.9 Å². The van der Waals surface area contributed by atoms with Gasteiger partial charge in [0.2, 0.25) is 6.29 Å². The van der Waals surface area contributed by atoms with Crippen molar-refractivity contribution in [3.63, 3.8) is 0 Å². The van der Waals surface area contributed by atoms with Crippen molar-refractivity contribution in [1.29, 1.82) is 0 Å². The van der Waals surface area contributed by atoms with Crippen LogP contribution in [0.5, 0.6) is 17.2 Å². The molecule has 1 aromatic heterocycles. The summed E-state index contributed by atoms with van der Waals surface area (Å²) in [5, 5.41) is 38.1. The molecule has 0 aliphatic carbocycles. The molecule has 188 valence electrons. The predicted octanol–water partition coefficient (Wildman–Crippen LogP) is 0.248. The van der Waals surface area contributed by atoms with Crippen LogP contribution < -0.4 is 14.9 Å². The first kappa shape index (κ1) is 24.9. The molecule has 35 heavy (non-hydrogen) atoms. The van der Waals surface area contributed by atoms with Gasteiger partial charge in [0.1, 0.15) is 29.3 Å². The van der Waals surface area contributed by atoms with E-state index in [4.69, 9.17) is 18.6 Å². The summed E-state index contributed by atoms with van der Waals surface area (Å²) in [5.74, 6) is -0.0642. The Bertz CT molecular complexity index is 1400. The molecule has 2 heterocycles. The smallest absolute Gasteiger partial charge is 0.273 e. The van der Waals surface area contributed by atoms with Gasteiger partial charge in [-0.3, -0.25) is 9.35 Å². The first-order valence-electron chi connectivity index (χ1n) is 10.2. The number of fused-ring (bicyclic) bond motifs is 1. The van der Waals surface area contributed by atoms with Gasteiger partial charge in [-0.25, -0.2) is 0 Å². The lowest BCUT2D eigenvalue weighted by Crippen LogP contribution is -2.62. The third kappa shape index (κ3) is 4.69. The Labute approximate surface area is 198 Å². The van der Waals surface area contributed by atoms with E-state index >= 15 is 0 Å². The maximum atomic E-state index is 12.8. The van der Waals surface area contributed by atoms with Crippen LogP contribution in [0.2, 0.25) is 0 Å². The largest absolute Gasteiger partial charge is 0.504 e. The van der Waals surface area contributed by atoms with Gasteiger partial charge >= 0.3 is 0 Å². The monoisotopic (exact) mass is 510 g/mol. The zero-order chi connectivity index (χ0) is 25.5. The van der Waals surface area contributed by atoms with E-state index in [1.54, 1.807) is 6.07 Å². The Balaban J connectivity index is 1.77. The fourth-order valence-corrected chi connectivity index (χ4v) is 4.87. The molecule has 5 atom stereocenters. The molecule has 0 saturated carbocycles. The topological polar surface area (TPSA) is 193 Å². The lowest BCUT2D eigenvalue weighted by molar-refractivity contribution is -0.238. The molecule has 3 aromatic rings. The van der Waals surface area contributed by atoms with Gasteiger partial charge < -0.3 is 39.1 Å². The molecule has 0 radical (unpaired) electrons. The fraction of sp³-hybridized carbons (Fsp3) is 0.318. The minimum absolute atomic E-state index is 0.0566. The van der Waals surface area contributed by atoms with Crippen molar-refractivity contribution in [3.05, 3.63) is 52.7 Å². The van der Waals surface area contributed by atoms with E-state index in [1.807, 2.05) is 0 Å². The summed E-state index contributed by atoms with van der Waals surface area (Å²) in [7, 11) is -3.59. The van der Waals surface area contributed by atoms with Crippen molar-refractivity contribution >= 4 is 21.1 Å². The van der Waals surface area contributed by atoms with Crippen LogP contribution in [0.1, 0.15) is 0 Å². The average molecular weight is 510 g/mol. The highest BCUT2D eigenvalue weighted by Gasteiger charge is 2.51. The molecule has 1 aliphatic rings. The van der Waals surface area contributed by atoms with E-state index in [0.717, 1.165) is 0 Å². The molecule has 1 fully saturated rings. The Morgan fingerprint density at radius 1 is 1.06 bits per heavy atom. The number of phenols is 1. The predicted molar refractivity (Wildman–Crippen MR) is 120 cm³/mol. The second-order valence-corrected chi connectivity index (χ2v) is 9.37. The average Bonchev–Trinajstić information content (AvgIpc) is 2.80. The molecule has 0 bridgehead atoms. The van der Waals surface area contributed by atoms with Crippen LogP contribution in [-0.2, 0) is 14.9 Å². The summed E-state index contributed by atoms with van der Waals surface area (Å²) in [4.78, 5) is 12.8. The quantitative estimate of drug-likeness (QED) is 0.284. The highest BCUT2D eigenvalue weighted by molar-refractivity contribution is 7.86. The molecule has 12 nitrogen and oxygen atoms in total. The number of aliphatic hydroxyl groups is 3. The van der Waals surface area contributed by atoms with Crippen molar-refractivity contribution in [3.8, 4) is 28.6 Å². The first-order chi connectivity index (χ1) is 16.5. The minimum atomic E-state index is -4.97. The van der Waals surface area contributed by atoms with E-state index in [0.29, 0.717) is 5.56 Å². The van der Waals surface area contributed by atoms with Crippen molar-refractivity contribution in [2.24, 2.45) is 0 Å². The van der Waals surface area contributed by atoms with Gasteiger partial charge in [-0.05, 0) is 30.3 Å². The second kappa shape index (κ2) is 9.45. The summed E-state index contributed by atoms with van der Waals surface area (Å²) in [6.07, 6.45) is -7.28. The zero-order valence-corrected chi connectivity index (χ0v) is 19.0. The third-order valence-electron chi connectivity index (χ3n) is 5.59. The standard InChI is InChI=1S/C22H22O12S/c1-31-14-6-5-10(7-13(14)25)16-8-12(24)11-3-2-4-15(20(11)32-16)33-22-19(27)21(35(28,29)30)18(26)17(9-23)34-22/h2-8,17-19,21-23,25-27H,9H2,1H3,(H,28,29,30)/t17-,18-,19-,21+,22-/m1/s1. The summed E-state index contributed by atoms with van der Waals surface area (Å²) < 4.78 is 54.8. The number of para-hydroxylation sites is 1. The highest BCUT2D eigenvalue weighted by Crippen LogP contribution is 2.35. The Morgan fingerprint density at radius 2 is 1.80 bits per heavy atom. The number of aliphatic hydroxyl groups excluding tert-OH is 3. The Kier molecular flexibility index (Phi) is 6.73. The summed E-state index contributed by atoms with van der Waals surface area (Å²) in [6.45, 7) is -0.838. The third-order valence-corrected chi connectivity index (χ3v) is 6.84. The molecular weight excluding hydrogens is 488 g/mol. The maximum absolute atomic E-state index is 12.8. The molecule has 0 amide bonds. The maximum Gasteiger partial charge on any atom is 0.273 e. The van der Waals surface area contributed by atoms with Crippen LogP contribution >= 0.6 is 0 Å². The Morgan fingerprint density at radius 3 is 2.43 bits per heavy atom. The van der Waals surface area contributed by atoms with E-state index in [-0.39, 0.29) is 34.0 Å². The van der Waals surface area contributed by atoms with Gasteiger partial charge in [0.25, 0.3) is 10.1 Å². The molecule has 0 spiro atoms. The number of aromatic hydroxyl groups is 1. The minimum Gasteiger partial charge on any atom is -0.504 e. The number of methoxy groups -OCH3 is 1. The fourth-order valence-electron chi connectivity index (χ4n) is 3.86. The molecule has 1 aliphatic heterocycles. The van der Waals surface area contributed by atoms with E-state index < -0.39 is 52.0 Å². The van der Waals surface area contributed by atoms with E-state index in [9.17, 15) is 38.2 Å². The number of benzene rings is 2. The van der Waals surface area contributed by atoms with Gasteiger partial charge in [0, 0.05) is 11.6 Å². The van der Waals surface area contributed by atoms with Crippen LogP contribution in [-0.4, -0.2) is 77.0 Å². The molecular formula is C22H22O12S. The van der Waals surface area contributed by atoms with E-state index in [1.165, 1.54) is 43.5 Å². The first-order valence-corrected chi connectivity index (χ1v) is 11.7. The van der Waals surface area contributed by atoms with E-state index in [2.05, 4.69) is 0 Å². The van der Waals surface area contributed by atoms with Gasteiger partial charge in [-0.2, -0.15) is 8.42 Å². The molecule has 5 N–H and O–H groups in total. The van der Waals surface area contributed by atoms with Gasteiger partial charge in [0.05, 0.1) is 19.1 Å². The van der Waals surface area contributed by atoms with Crippen LogP contribution in [0.15, 0.2) is 51.7 Å². The van der Waals surface area contributed by atoms with Crippen molar-refractivity contribution < 1.29 is 52.0 Å². The normalized spacial score (nSPS) is 24.9. The Hall–Kier alpha value is -3.20. The van der Waals surface area contributed by atoms with Crippen LogP contribution in [0.4, 0.5) is 0 Å². The molecule has 13 heteroatoms. The molecule has 4 rings (SSSR count). The van der Waals surface area contributed by atoms with Crippen LogP contribution in [0, 0.1) is 0 Å². The second-order valence-electron chi connectivity index (χ2n) is 7.80. The number of phenolic OH excluding ortho intramolecular Hbond substituents is 1. The summed E-state index contributed by atoms with van der Waals surface area (Å²) in [6, 6.07) is 9.79. The highest BCUT2D eigenvalue weighted by atomic mass is 32.2. The number of hydrogen-bond acceptors (Lipinski definition) is 11. The van der Waals surface area contributed by atoms with Gasteiger partial charge in [-0.1, -0.05) is 6.07 Å². The van der Waals surface area contributed by atoms with Crippen molar-refractivity contribution in [1.82, 2.24) is 0 Å². The van der Waals surface area contributed by atoms with Crippen molar-refractivity contribution in [2.75, 3.05) is 13.7 Å². The number of hydrogen-bond donors (Lipinski definition) is 5. The molecule has 1 saturated heterocycles. The molecule has 0 unspecified atom stereocenters. The SMILES string of the molecule is COc1ccc(-c2cc(=O)c3cccc(O[C@@H]4O[C@H](CO)[C@@H](O)[C@H](S(=O)(=O)O)[C@H]4O)c3o2)cc1O. The summed E-state index contributed by atoms with van der Waals surface area (Å²) in [5.41, 5.74) is -0.219. The zero-order valence-electron chi connectivity index (χ0n) is 18.1. The number of rotatable bonds is 6. The number of ether oxygens (including phenoxy) is 3. The lowest BCUT2D eigenvalue weighted by Gasteiger charge is -2.40. The van der Waals surface area contributed by atoms with Gasteiger partial charge in [0.15, 0.2) is 28.3 Å².